The largest absolute Gasteiger partial charge is 0.481 e. The summed E-state index contributed by atoms with van der Waals surface area (Å²) >= 11 is 0. The number of aliphatic imine (C=N–C) groups is 1. The number of nitrogens with one attached hydrogen (secondary N) is 3. The topological polar surface area (TPSA) is 139 Å². The minimum Gasteiger partial charge on any atom is -0.481 e. The van der Waals surface area contributed by atoms with Crippen LogP contribution in [0.25, 0.3) is 11.1 Å². The van der Waals surface area contributed by atoms with Crippen molar-refractivity contribution in [1.29, 1.82) is 0 Å². The van der Waals surface area contributed by atoms with Gasteiger partial charge < -0.3 is 26.4 Å². The summed E-state index contributed by atoms with van der Waals surface area (Å²) in [7, 11) is 3.10. The SMILES string of the molecule is C=CC(=O)Nc1ccc(F)c(Nc2nc(N/C(C=NC)=C/N)ncc2-c2ccnc(OC)c2)c1. The van der Waals surface area contributed by atoms with Gasteiger partial charge in [-0.2, -0.15) is 4.98 Å². The van der Waals surface area contributed by atoms with Gasteiger partial charge in [-0.1, -0.05) is 6.58 Å². The Morgan fingerprint density at radius 2 is 2.06 bits per heavy atom. The van der Waals surface area contributed by atoms with Crippen molar-refractivity contribution in [3.05, 3.63) is 73.1 Å². The van der Waals surface area contributed by atoms with Crippen LogP contribution in [0.3, 0.4) is 0 Å². The summed E-state index contributed by atoms with van der Waals surface area (Å²) in [5, 5.41) is 8.52. The number of hydrogen-bond donors (Lipinski definition) is 4. The third-order valence-electron chi connectivity index (χ3n) is 4.42. The molecule has 1 amide bonds. The first kappa shape index (κ1) is 23.9. The van der Waals surface area contributed by atoms with Crippen molar-refractivity contribution >= 4 is 35.3 Å². The lowest BCUT2D eigenvalue weighted by Gasteiger charge is -2.15. The van der Waals surface area contributed by atoms with Crippen LogP contribution >= 0.6 is 0 Å². The number of amides is 1. The molecule has 0 aliphatic rings. The summed E-state index contributed by atoms with van der Waals surface area (Å²) in [6, 6.07) is 7.54. The Labute approximate surface area is 195 Å². The molecule has 0 aliphatic heterocycles. The highest BCUT2D eigenvalue weighted by atomic mass is 19.1. The molecule has 3 aromatic rings. The lowest BCUT2D eigenvalue weighted by Crippen LogP contribution is -2.10. The molecule has 174 valence electrons. The lowest BCUT2D eigenvalue weighted by molar-refractivity contribution is -0.111. The number of methoxy groups -OCH3 is 1. The molecule has 2 aromatic heterocycles. The molecule has 0 radical (unpaired) electrons. The maximum Gasteiger partial charge on any atom is 0.247 e. The summed E-state index contributed by atoms with van der Waals surface area (Å²) < 4.78 is 19.9. The minimum atomic E-state index is -0.552. The number of nitrogens with zero attached hydrogens (tertiary/aromatic N) is 4. The lowest BCUT2D eigenvalue weighted by atomic mass is 10.1. The fourth-order valence-corrected chi connectivity index (χ4v) is 2.84. The number of allylic oxidation sites excluding steroid dienone is 1. The van der Waals surface area contributed by atoms with E-state index in [1.807, 2.05) is 0 Å². The first-order chi connectivity index (χ1) is 16.5. The predicted molar refractivity (Wildman–Crippen MR) is 131 cm³/mol. The Morgan fingerprint density at radius 1 is 1.24 bits per heavy atom. The zero-order chi connectivity index (χ0) is 24.5. The highest BCUT2D eigenvalue weighted by Gasteiger charge is 2.14. The smallest absolute Gasteiger partial charge is 0.247 e. The molecule has 3 rings (SSSR count). The number of hydrogen-bond acceptors (Lipinski definition) is 9. The van der Waals surface area contributed by atoms with E-state index >= 15 is 0 Å². The van der Waals surface area contributed by atoms with Gasteiger partial charge in [0.2, 0.25) is 17.7 Å². The fraction of sp³-hybridized carbons (Fsp3) is 0.0870. The van der Waals surface area contributed by atoms with Crippen molar-refractivity contribution < 1.29 is 13.9 Å². The molecule has 0 saturated heterocycles. The monoisotopic (exact) mass is 462 g/mol. The second kappa shape index (κ2) is 11.2. The Bertz CT molecular complexity index is 1260. The summed E-state index contributed by atoms with van der Waals surface area (Å²) in [6.45, 7) is 3.41. The van der Waals surface area contributed by atoms with Crippen LogP contribution in [-0.2, 0) is 4.79 Å². The maximum atomic E-state index is 14.7. The van der Waals surface area contributed by atoms with Gasteiger partial charge in [0.15, 0.2) is 0 Å². The van der Waals surface area contributed by atoms with E-state index in [1.165, 1.54) is 37.7 Å². The number of halogens is 1. The van der Waals surface area contributed by atoms with Gasteiger partial charge in [0, 0.05) is 49.2 Å². The van der Waals surface area contributed by atoms with Gasteiger partial charge in [-0.3, -0.25) is 9.79 Å². The van der Waals surface area contributed by atoms with Crippen LogP contribution in [0.5, 0.6) is 5.88 Å². The van der Waals surface area contributed by atoms with Gasteiger partial charge in [0.05, 0.1) is 18.5 Å². The average molecular weight is 462 g/mol. The van der Waals surface area contributed by atoms with Gasteiger partial charge in [-0.25, -0.2) is 14.4 Å². The Morgan fingerprint density at radius 3 is 2.76 bits per heavy atom. The van der Waals surface area contributed by atoms with E-state index in [0.29, 0.717) is 28.4 Å². The second-order valence-electron chi connectivity index (χ2n) is 6.69. The molecule has 2 heterocycles. The molecular weight excluding hydrogens is 439 g/mol. The molecule has 0 bridgehead atoms. The van der Waals surface area contributed by atoms with Crippen LogP contribution in [-0.4, -0.2) is 41.2 Å². The number of aromatic nitrogens is 3. The number of pyridine rings is 1. The summed E-state index contributed by atoms with van der Waals surface area (Å²) in [5.74, 6) is -0.112. The third kappa shape index (κ3) is 5.91. The minimum absolute atomic E-state index is 0.0819. The number of benzene rings is 1. The zero-order valence-corrected chi connectivity index (χ0v) is 18.5. The van der Waals surface area contributed by atoms with Crippen LogP contribution in [0.2, 0.25) is 0 Å². The first-order valence-electron chi connectivity index (χ1n) is 9.96. The molecule has 0 aliphatic carbocycles. The van der Waals surface area contributed by atoms with E-state index in [4.69, 9.17) is 10.5 Å². The number of nitrogens with two attached hydrogens (primary N) is 1. The zero-order valence-electron chi connectivity index (χ0n) is 18.5. The van der Waals surface area contributed by atoms with E-state index in [-0.39, 0.29) is 17.5 Å². The van der Waals surface area contributed by atoms with E-state index in [9.17, 15) is 9.18 Å². The van der Waals surface area contributed by atoms with Crippen LogP contribution in [0.15, 0.2) is 72.3 Å². The molecule has 10 nitrogen and oxygen atoms in total. The van der Waals surface area contributed by atoms with Crippen molar-refractivity contribution in [3.63, 3.8) is 0 Å². The van der Waals surface area contributed by atoms with E-state index in [2.05, 4.69) is 42.5 Å². The third-order valence-corrected chi connectivity index (χ3v) is 4.42. The van der Waals surface area contributed by atoms with Gasteiger partial charge in [0.1, 0.15) is 11.6 Å². The van der Waals surface area contributed by atoms with Crippen molar-refractivity contribution in [2.24, 2.45) is 10.7 Å². The summed E-state index contributed by atoms with van der Waals surface area (Å²) in [5.41, 5.74) is 7.76. The predicted octanol–water partition coefficient (Wildman–Crippen LogP) is 3.47. The number of ether oxygens (including phenoxy) is 1. The van der Waals surface area contributed by atoms with Crippen molar-refractivity contribution in [2.45, 2.75) is 0 Å². The van der Waals surface area contributed by atoms with E-state index in [0.717, 1.165) is 6.08 Å². The van der Waals surface area contributed by atoms with Gasteiger partial charge in [-0.05, 0) is 35.9 Å². The molecule has 34 heavy (non-hydrogen) atoms. The number of rotatable bonds is 9. The van der Waals surface area contributed by atoms with Gasteiger partial charge in [-0.15, -0.1) is 0 Å². The summed E-state index contributed by atoms with van der Waals surface area (Å²) in [4.78, 5) is 28.5. The van der Waals surface area contributed by atoms with Crippen LogP contribution in [0.1, 0.15) is 0 Å². The highest BCUT2D eigenvalue weighted by molar-refractivity contribution is 5.99. The number of carbonyl (C=O) groups excluding carboxylic acids is 1. The molecule has 0 saturated carbocycles. The quantitative estimate of drug-likeness (QED) is 0.280. The van der Waals surface area contributed by atoms with E-state index in [1.54, 1.807) is 31.6 Å². The van der Waals surface area contributed by atoms with Crippen LogP contribution in [0.4, 0.5) is 27.5 Å². The second-order valence-corrected chi connectivity index (χ2v) is 6.69. The molecule has 0 atom stereocenters. The molecule has 0 unspecified atom stereocenters. The molecule has 0 spiro atoms. The Kier molecular flexibility index (Phi) is 7.84. The highest BCUT2D eigenvalue weighted by Crippen LogP contribution is 2.32. The molecule has 11 heteroatoms. The van der Waals surface area contributed by atoms with Crippen molar-refractivity contribution in [2.75, 3.05) is 30.1 Å². The van der Waals surface area contributed by atoms with Crippen molar-refractivity contribution in [3.8, 4) is 17.0 Å². The molecule has 5 N–H and O–H groups in total. The maximum absolute atomic E-state index is 14.7. The standard InChI is InChI=1S/C23H23FN8O2/c1-4-20(33)29-15-5-6-18(24)19(10-15)31-22-17(14-7-8-27-21(9-14)34-3)13-28-23(32-22)30-16(11-25)12-26-2/h4-13H,1,25H2,2-3H3,(H,29,33)(H2,28,30,31,32)/b16-11+,26-12?. The number of anilines is 4. The Hall–Kier alpha value is -4.80. The van der Waals surface area contributed by atoms with Gasteiger partial charge >= 0.3 is 0 Å². The molecule has 1 aromatic carbocycles. The molecular formula is C23H23FN8O2. The number of carbonyl (C=O) groups is 1. The molecule has 0 fully saturated rings. The normalized spacial score (nSPS) is 11.2. The van der Waals surface area contributed by atoms with Crippen LogP contribution < -0.4 is 26.4 Å². The average Bonchev–Trinajstić information content (AvgIpc) is 2.85. The first-order valence-corrected chi connectivity index (χ1v) is 9.96. The van der Waals surface area contributed by atoms with Gasteiger partial charge in [0.25, 0.3) is 0 Å². The fourth-order valence-electron chi connectivity index (χ4n) is 2.84. The Balaban J connectivity index is 2.06. The summed E-state index contributed by atoms with van der Waals surface area (Å²) in [6.07, 6.45) is 7.07. The van der Waals surface area contributed by atoms with Crippen LogP contribution in [0, 0.1) is 5.82 Å². The van der Waals surface area contributed by atoms with E-state index < -0.39 is 11.7 Å². The van der Waals surface area contributed by atoms with Crippen molar-refractivity contribution in [1.82, 2.24) is 15.0 Å².